The second-order valence-corrected chi connectivity index (χ2v) is 13.6. The fraction of sp³-hybridized carbons (Fsp3) is 0.368. The molecule has 4 aromatic rings. The van der Waals surface area contributed by atoms with Crippen molar-refractivity contribution in [1.82, 2.24) is 0 Å². The van der Waals surface area contributed by atoms with E-state index in [2.05, 4.69) is 135 Å². The molecule has 0 aromatic heterocycles. The van der Waals surface area contributed by atoms with Gasteiger partial charge in [0.15, 0.2) is 0 Å². The first kappa shape index (κ1) is 25.2. The third-order valence-electron chi connectivity index (χ3n) is 9.21. The minimum Gasteiger partial charge on any atom is -0.0587 e. The van der Waals surface area contributed by atoms with Gasteiger partial charge in [-0.25, -0.2) is 0 Å². The standard InChI is InChI=1S/C38H42/c1-22(2)25-10-14-29-30-15-11-26(23(3)4)19-34(30)38(33(29)18-25)35-20-27(24(5)6)12-16-31(35)32-17-13-28(21-36(32)38)37(7,8)9/h10-24H,1-9H3. The summed E-state index contributed by atoms with van der Waals surface area (Å²) in [5.41, 5.74) is 16.9. The number of rotatable bonds is 3. The fourth-order valence-electron chi connectivity index (χ4n) is 6.82. The lowest BCUT2D eigenvalue weighted by Gasteiger charge is -2.33. The molecule has 4 aromatic carbocycles. The molecule has 0 fully saturated rings. The smallest absolute Gasteiger partial charge is 0.0587 e. The van der Waals surface area contributed by atoms with Crippen LogP contribution in [-0.4, -0.2) is 0 Å². The Morgan fingerprint density at radius 3 is 1.08 bits per heavy atom. The maximum Gasteiger partial charge on any atom is 0.0725 e. The van der Waals surface area contributed by atoms with Crippen molar-refractivity contribution in [3.63, 3.8) is 0 Å². The van der Waals surface area contributed by atoms with Crippen molar-refractivity contribution in [2.24, 2.45) is 0 Å². The highest BCUT2D eigenvalue weighted by molar-refractivity contribution is 5.95. The van der Waals surface area contributed by atoms with Crippen molar-refractivity contribution < 1.29 is 0 Å². The molecule has 1 spiro atoms. The van der Waals surface area contributed by atoms with Crippen LogP contribution in [0.3, 0.4) is 0 Å². The van der Waals surface area contributed by atoms with Crippen LogP contribution in [-0.2, 0) is 10.8 Å². The predicted octanol–water partition coefficient (Wildman–Crippen LogP) is 10.7. The van der Waals surface area contributed by atoms with E-state index >= 15 is 0 Å². The molecule has 0 bridgehead atoms. The van der Waals surface area contributed by atoms with Crippen molar-refractivity contribution in [2.45, 2.75) is 90.9 Å². The Morgan fingerprint density at radius 1 is 0.447 bits per heavy atom. The second kappa shape index (κ2) is 8.44. The summed E-state index contributed by atoms with van der Waals surface area (Å²) in [5, 5.41) is 0. The van der Waals surface area contributed by atoms with E-state index in [0.717, 1.165) is 0 Å². The van der Waals surface area contributed by atoms with Gasteiger partial charge < -0.3 is 0 Å². The lowest BCUT2D eigenvalue weighted by atomic mass is 9.68. The van der Waals surface area contributed by atoms with Crippen molar-refractivity contribution in [1.29, 1.82) is 0 Å². The summed E-state index contributed by atoms with van der Waals surface area (Å²) in [6.45, 7) is 20.9. The molecule has 0 nitrogen and oxygen atoms in total. The predicted molar refractivity (Wildman–Crippen MR) is 164 cm³/mol. The molecule has 0 aliphatic heterocycles. The summed E-state index contributed by atoms with van der Waals surface area (Å²) < 4.78 is 0. The second-order valence-electron chi connectivity index (χ2n) is 13.6. The molecular weight excluding hydrogens is 456 g/mol. The van der Waals surface area contributed by atoms with Gasteiger partial charge in [0, 0.05) is 0 Å². The fourth-order valence-corrected chi connectivity index (χ4v) is 6.82. The first-order valence-corrected chi connectivity index (χ1v) is 14.5. The van der Waals surface area contributed by atoms with Crippen LogP contribution in [0.1, 0.15) is 125 Å². The lowest BCUT2D eigenvalue weighted by Crippen LogP contribution is -2.27. The zero-order valence-electron chi connectivity index (χ0n) is 24.7. The Bertz CT molecular complexity index is 1480. The van der Waals surface area contributed by atoms with E-state index in [1.165, 1.54) is 66.8 Å². The molecule has 0 saturated carbocycles. The van der Waals surface area contributed by atoms with Gasteiger partial charge in [0.05, 0.1) is 5.41 Å². The van der Waals surface area contributed by atoms with Gasteiger partial charge in [-0.2, -0.15) is 0 Å². The minimum atomic E-state index is -0.294. The Hall–Kier alpha value is -3.12. The van der Waals surface area contributed by atoms with Gasteiger partial charge in [-0.3, -0.25) is 0 Å². The van der Waals surface area contributed by atoms with Gasteiger partial charge >= 0.3 is 0 Å². The average Bonchev–Trinajstić information content (AvgIpc) is 3.33. The highest BCUT2D eigenvalue weighted by Crippen LogP contribution is 2.63. The van der Waals surface area contributed by atoms with Crippen molar-refractivity contribution >= 4 is 0 Å². The Kier molecular flexibility index (Phi) is 5.59. The Balaban J connectivity index is 1.82. The number of hydrogen-bond acceptors (Lipinski definition) is 0. The topological polar surface area (TPSA) is 0 Å². The van der Waals surface area contributed by atoms with Crippen LogP contribution in [0.5, 0.6) is 0 Å². The molecule has 0 atom stereocenters. The van der Waals surface area contributed by atoms with E-state index in [9.17, 15) is 0 Å². The van der Waals surface area contributed by atoms with Crippen LogP contribution >= 0.6 is 0 Å². The molecule has 194 valence electrons. The first-order chi connectivity index (χ1) is 17.9. The molecule has 6 rings (SSSR count). The van der Waals surface area contributed by atoms with Gasteiger partial charge in [-0.15, -0.1) is 0 Å². The lowest BCUT2D eigenvalue weighted by molar-refractivity contribution is 0.588. The van der Waals surface area contributed by atoms with Gasteiger partial charge in [0.25, 0.3) is 0 Å². The highest BCUT2D eigenvalue weighted by Gasteiger charge is 2.52. The Morgan fingerprint density at radius 2 is 0.763 bits per heavy atom. The number of hydrogen-bond donors (Lipinski definition) is 0. The largest absolute Gasteiger partial charge is 0.0725 e. The first-order valence-electron chi connectivity index (χ1n) is 14.5. The Labute approximate surface area is 230 Å². The zero-order chi connectivity index (χ0) is 27.1. The van der Waals surface area contributed by atoms with Gasteiger partial charge in [-0.05, 0) is 89.9 Å². The molecule has 38 heavy (non-hydrogen) atoms. The molecule has 0 heteroatoms. The maximum atomic E-state index is 2.55. The van der Waals surface area contributed by atoms with E-state index in [1.807, 2.05) is 0 Å². The van der Waals surface area contributed by atoms with Crippen LogP contribution in [0.4, 0.5) is 0 Å². The molecule has 0 unspecified atom stereocenters. The van der Waals surface area contributed by atoms with E-state index in [1.54, 1.807) is 0 Å². The molecule has 0 heterocycles. The summed E-state index contributed by atoms with van der Waals surface area (Å²) in [6, 6.07) is 29.2. The molecule has 0 amide bonds. The SMILES string of the molecule is CC(C)c1ccc2c(c1)C1(c3cc(C(C)C)ccc3-2)c2cc(C(C)C)ccc2-c2ccc(C(C)(C)C)cc21. The molecule has 0 N–H and O–H groups in total. The molecule has 0 radical (unpaired) electrons. The molecule has 2 aliphatic carbocycles. The van der Waals surface area contributed by atoms with Crippen LogP contribution < -0.4 is 0 Å². The summed E-state index contributed by atoms with van der Waals surface area (Å²) in [6.07, 6.45) is 0. The van der Waals surface area contributed by atoms with Gasteiger partial charge in [-0.1, -0.05) is 135 Å². The third-order valence-corrected chi connectivity index (χ3v) is 9.21. The van der Waals surface area contributed by atoms with E-state index in [-0.39, 0.29) is 10.8 Å². The monoisotopic (exact) mass is 498 g/mol. The number of benzene rings is 4. The van der Waals surface area contributed by atoms with Crippen molar-refractivity contribution in [2.75, 3.05) is 0 Å². The van der Waals surface area contributed by atoms with Crippen molar-refractivity contribution in [3.05, 3.63) is 117 Å². The van der Waals surface area contributed by atoms with Crippen LogP contribution in [0.25, 0.3) is 22.3 Å². The molecule has 2 aliphatic rings. The molecule has 0 saturated heterocycles. The quantitative estimate of drug-likeness (QED) is 0.228. The normalized spacial score (nSPS) is 14.8. The van der Waals surface area contributed by atoms with Crippen LogP contribution in [0.15, 0.2) is 72.8 Å². The average molecular weight is 499 g/mol. The van der Waals surface area contributed by atoms with Crippen LogP contribution in [0.2, 0.25) is 0 Å². The minimum absolute atomic E-state index is 0.0813. The van der Waals surface area contributed by atoms with Crippen molar-refractivity contribution in [3.8, 4) is 22.3 Å². The summed E-state index contributed by atoms with van der Waals surface area (Å²) in [7, 11) is 0. The molecular formula is C38H42. The summed E-state index contributed by atoms with van der Waals surface area (Å²) in [5.74, 6) is 1.45. The maximum absolute atomic E-state index is 2.55. The highest BCUT2D eigenvalue weighted by atomic mass is 14.5. The van der Waals surface area contributed by atoms with E-state index < -0.39 is 0 Å². The zero-order valence-corrected chi connectivity index (χ0v) is 24.7. The third kappa shape index (κ3) is 3.42. The summed E-state index contributed by atoms with van der Waals surface area (Å²) in [4.78, 5) is 0. The van der Waals surface area contributed by atoms with Crippen LogP contribution in [0, 0.1) is 0 Å². The van der Waals surface area contributed by atoms with Gasteiger partial charge in [0.1, 0.15) is 0 Å². The number of fused-ring (bicyclic) bond motifs is 10. The van der Waals surface area contributed by atoms with E-state index in [4.69, 9.17) is 0 Å². The van der Waals surface area contributed by atoms with E-state index in [0.29, 0.717) is 17.8 Å². The summed E-state index contributed by atoms with van der Waals surface area (Å²) >= 11 is 0. The van der Waals surface area contributed by atoms with Gasteiger partial charge in [0.2, 0.25) is 0 Å².